The molecule has 0 aromatic heterocycles. The van der Waals surface area contributed by atoms with E-state index < -0.39 is 5.97 Å². The van der Waals surface area contributed by atoms with Crippen LogP contribution in [0.3, 0.4) is 0 Å². The third-order valence-electron chi connectivity index (χ3n) is 4.29. The van der Waals surface area contributed by atoms with Crippen molar-refractivity contribution in [3.8, 4) is 5.75 Å². The van der Waals surface area contributed by atoms with Gasteiger partial charge >= 0.3 is 5.97 Å². The molecule has 1 aromatic rings. The number of carbonyl (C=O) groups excluding carboxylic acids is 2. The minimum absolute atomic E-state index is 0.0559. The Kier molecular flexibility index (Phi) is 4.81. The van der Waals surface area contributed by atoms with Crippen LogP contribution >= 0.6 is 0 Å². The largest absolute Gasteiger partial charge is 0.491 e. The van der Waals surface area contributed by atoms with Crippen LogP contribution in [0, 0.1) is 5.92 Å². The van der Waals surface area contributed by atoms with E-state index in [-0.39, 0.29) is 11.8 Å². The van der Waals surface area contributed by atoms with Crippen molar-refractivity contribution in [1.29, 1.82) is 0 Å². The summed E-state index contributed by atoms with van der Waals surface area (Å²) in [7, 11) is 1.35. The maximum Gasteiger partial charge on any atom is 0.337 e. The molecule has 0 radical (unpaired) electrons. The Balaban J connectivity index is 1.75. The predicted octanol–water partition coefficient (Wildman–Crippen LogP) is 1.62. The Labute approximate surface area is 135 Å². The maximum absolute atomic E-state index is 12.7. The number of hydrogen-bond donors (Lipinski definition) is 0. The fourth-order valence-electron chi connectivity index (χ4n) is 3.00. The quantitative estimate of drug-likeness (QED) is 0.775. The van der Waals surface area contributed by atoms with E-state index in [1.807, 2.05) is 11.0 Å². The number of ether oxygens (including phenoxy) is 3. The number of nitrogens with zero attached hydrogens (tertiary/aromatic N) is 1. The number of esters is 1. The minimum atomic E-state index is -0.395. The molecule has 1 fully saturated rings. The van der Waals surface area contributed by atoms with Crippen LogP contribution in [0.25, 0.3) is 0 Å². The van der Waals surface area contributed by atoms with Gasteiger partial charge < -0.3 is 19.1 Å². The van der Waals surface area contributed by atoms with E-state index in [9.17, 15) is 9.59 Å². The lowest BCUT2D eigenvalue weighted by molar-refractivity contribution is -0.140. The number of methoxy groups -OCH3 is 1. The molecule has 0 aliphatic carbocycles. The van der Waals surface area contributed by atoms with Gasteiger partial charge in [-0.15, -0.1) is 0 Å². The number of carbonyl (C=O) groups is 2. The molecule has 2 aliphatic heterocycles. The third-order valence-corrected chi connectivity index (χ3v) is 4.29. The molecule has 1 aromatic carbocycles. The smallest absolute Gasteiger partial charge is 0.337 e. The molecule has 1 unspecified atom stereocenters. The van der Waals surface area contributed by atoms with Gasteiger partial charge in [-0.2, -0.15) is 0 Å². The van der Waals surface area contributed by atoms with Crippen molar-refractivity contribution >= 4 is 11.9 Å². The topological polar surface area (TPSA) is 65.1 Å². The normalized spacial score (nSPS) is 20.9. The van der Waals surface area contributed by atoms with Crippen LogP contribution in [0.15, 0.2) is 18.2 Å². The summed E-state index contributed by atoms with van der Waals surface area (Å²) in [5.74, 6) is 0.314. The van der Waals surface area contributed by atoms with Gasteiger partial charge in [-0.3, -0.25) is 4.79 Å². The fraction of sp³-hybridized carbons (Fsp3) is 0.529. The molecule has 23 heavy (non-hydrogen) atoms. The van der Waals surface area contributed by atoms with Gasteiger partial charge in [-0.05, 0) is 25.0 Å². The number of benzene rings is 1. The Hall–Kier alpha value is -2.08. The van der Waals surface area contributed by atoms with Crippen molar-refractivity contribution in [2.75, 3.05) is 33.5 Å². The standard InChI is InChI=1S/C17H21NO5/c1-21-17(20)12-4-5-13-10-18(6-8-23-15(13)9-12)16(19)14-3-2-7-22-11-14/h4-5,9,14H,2-3,6-8,10-11H2,1H3. The van der Waals surface area contributed by atoms with Crippen molar-refractivity contribution in [2.24, 2.45) is 5.92 Å². The molecule has 0 spiro atoms. The molecule has 0 N–H and O–H groups in total. The Morgan fingerprint density at radius 2 is 2.17 bits per heavy atom. The van der Waals surface area contributed by atoms with E-state index >= 15 is 0 Å². The van der Waals surface area contributed by atoms with Crippen LogP contribution < -0.4 is 4.74 Å². The summed E-state index contributed by atoms with van der Waals surface area (Å²) in [4.78, 5) is 26.1. The van der Waals surface area contributed by atoms with Gasteiger partial charge in [0.25, 0.3) is 0 Å². The van der Waals surface area contributed by atoms with Crippen molar-refractivity contribution < 1.29 is 23.8 Å². The highest BCUT2D eigenvalue weighted by atomic mass is 16.5. The highest BCUT2D eigenvalue weighted by Crippen LogP contribution is 2.26. The van der Waals surface area contributed by atoms with Gasteiger partial charge in [0.1, 0.15) is 12.4 Å². The van der Waals surface area contributed by atoms with E-state index in [1.165, 1.54) is 7.11 Å². The van der Waals surface area contributed by atoms with E-state index in [0.717, 1.165) is 25.0 Å². The Bertz CT molecular complexity index is 595. The molecule has 1 amide bonds. The second kappa shape index (κ2) is 7.00. The third kappa shape index (κ3) is 3.47. The van der Waals surface area contributed by atoms with E-state index in [4.69, 9.17) is 14.2 Å². The average molecular weight is 319 g/mol. The van der Waals surface area contributed by atoms with Crippen LogP contribution in [0.1, 0.15) is 28.8 Å². The van der Waals surface area contributed by atoms with Crippen LogP contribution in [0.4, 0.5) is 0 Å². The molecule has 3 rings (SSSR count). The first-order valence-electron chi connectivity index (χ1n) is 7.89. The van der Waals surface area contributed by atoms with Crippen molar-refractivity contribution in [1.82, 2.24) is 4.90 Å². The van der Waals surface area contributed by atoms with E-state index in [0.29, 0.717) is 37.6 Å². The summed E-state index contributed by atoms with van der Waals surface area (Å²) in [5.41, 5.74) is 1.35. The lowest BCUT2D eigenvalue weighted by atomic mass is 10.00. The van der Waals surface area contributed by atoms with Crippen LogP contribution in [0.2, 0.25) is 0 Å². The molecule has 2 aliphatic rings. The van der Waals surface area contributed by atoms with Gasteiger partial charge in [0.15, 0.2) is 0 Å². The van der Waals surface area contributed by atoms with Crippen molar-refractivity contribution in [3.63, 3.8) is 0 Å². The van der Waals surface area contributed by atoms with E-state index in [1.54, 1.807) is 12.1 Å². The van der Waals surface area contributed by atoms with Crippen molar-refractivity contribution in [2.45, 2.75) is 19.4 Å². The van der Waals surface area contributed by atoms with E-state index in [2.05, 4.69) is 0 Å². The first kappa shape index (κ1) is 15.8. The predicted molar refractivity (Wildman–Crippen MR) is 82.2 cm³/mol. The Morgan fingerprint density at radius 3 is 2.91 bits per heavy atom. The summed E-state index contributed by atoms with van der Waals surface area (Å²) in [6, 6.07) is 5.20. The summed E-state index contributed by atoms with van der Waals surface area (Å²) in [5, 5.41) is 0. The van der Waals surface area contributed by atoms with Crippen LogP contribution in [0.5, 0.6) is 5.75 Å². The zero-order valence-electron chi connectivity index (χ0n) is 13.2. The molecular formula is C17H21NO5. The lowest BCUT2D eigenvalue weighted by Crippen LogP contribution is -2.40. The molecule has 0 bridgehead atoms. The highest BCUT2D eigenvalue weighted by Gasteiger charge is 2.28. The SMILES string of the molecule is COC(=O)c1ccc2c(c1)OCCN(C(=O)C1CCCOC1)C2. The molecule has 6 heteroatoms. The van der Waals surface area contributed by atoms with Gasteiger partial charge in [0.05, 0.1) is 31.7 Å². The zero-order valence-corrected chi connectivity index (χ0v) is 13.2. The molecule has 1 atom stereocenters. The number of amides is 1. The first-order valence-corrected chi connectivity index (χ1v) is 7.89. The molecule has 1 saturated heterocycles. The molecule has 6 nitrogen and oxygen atoms in total. The zero-order chi connectivity index (χ0) is 16.2. The van der Waals surface area contributed by atoms with Gasteiger partial charge in [-0.1, -0.05) is 6.07 Å². The first-order chi connectivity index (χ1) is 11.2. The average Bonchev–Trinajstić information content (AvgIpc) is 2.82. The Morgan fingerprint density at radius 1 is 1.30 bits per heavy atom. The monoisotopic (exact) mass is 319 g/mol. The van der Waals surface area contributed by atoms with Crippen molar-refractivity contribution in [3.05, 3.63) is 29.3 Å². The number of hydrogen-bond acceptors (Lipinski definition) is 5. The lowest BCUT2D eigenvalue weighted by Gasteiger charge is -2.28. The second-order valence-corrected chi connectivity index (χ2v) is 5.84. The van der Waals surface area contributed by atoms with Gasteiger partial charge in [-0.25, -0.2) is 4.79 Å². The number of fused-ring (bicyclic) bond motifs is 1. The van der Waals surface area contributed by atoms with Crippen LogP contribution in [-0.4, -0.2) is 50.3 Å². The summed E-state index contributed by atoms with van der Waals surface area (Å²) >= 11 is 0. The molecule has 0 saturated carbocycles. The van der Waals surface area contributed by atoms with Crippen LogP contribution in [-0.2, 0) is 20.8 Å². The molecular weight excluding hydrogens is 298 g/mol. The minimum Gasteiger partial charge on any atom is -0.491 e. The second-order valence-electron chi connectivity index (χ2n) is 5.84. The molecule has 2 heterocycles. The number of rotatable bonds is 2. The summed E-state index contributed by atoms with van der Waals surface area (Å²) in [6.07, 6.45) is 1.81. The maximum atomic E-state index is 12.7. The highest BCUT2D eigenvalue weighted by molar-refractivity contribution is 5.90. The summed E-state index contributed by atoms with van der Waals surface area (Å²) in [6.45, 7) is 2.69. The molecule has 124 valence electrons. The summed E-state index contributed by atoms with van der Waals surface area (Å²) < 4.78 is 15.9. The van der Waals surface area contributed by atoms with Gasteiger partial charge in [0.2, 0.25) is 5.91 Å². The van der Waals surface area contributed by atoms with Gasteiger partial charge in [0, 0.05) is 18.7 Å². The fourth-order valence-corrected chi connectivity index (χ4v) is 3.00.